The molecule has 0 aliphatic carbocycles. The van der Waals surface area contributed by atoms with E-state index in [-0.39, 0.29) is 5.56 Å². The molecule has 0 aliphatic heterocycles. The molecule has 0 bridgehead atoms. The molecule has 0 radical (unpaired) electrons. The number of nitrogens with zero attached hydrogens (tertiary/aromatic N) is 2. The van der Waals surface area contributed by atoms with Crippen LogP contribution in [0.25, 0.3) is 5.69 Å². The first-order chi connectivity index (χ1) is 14.9. The number of hydrogen-bond donors (Lipinski definition) is 1. The first-order valence-corrected chi connectivity index (χ1v) is 9.82. The number of aryl methyl sites for hydroxylation is 2. The van der Waals surface area contributed by atoms with Crippen molar-refractivity contribution in [2.45, 2.75) is 20.8 Å². The Hall–Kier alpha value is -3.81. The van der Waals surface area contributed by atoms with Gasteiger partial charge in [0.05, 0.1) is 30.7 Å². The molecule has 3 rings (SSSR count). The van der Waals surface area contributed by atoms with Gasteiger partial charge in [-0.15, -0.1) is 0 Å². The lowest BCUT2D eigenvalue weighted by Crippen LogP contribution is -2.22. The molecule has 1 N–H and O–H groups in total. The van der Waals surface area contributed by atoms with Gasteiger partial charge >= 0.3 is 5.97 Å². The predicted octanol–water partition coefficient (Wildman–Crippen LogP) is 3.69. The third-order valence-corrected chi connectivity index (χ3v) is 4.41. The number of hydrogen-bond acceptors (Lipinski definition) is 6. The molecule has 0 aliphatic rings. The van der Waals surface area contributed by atoms with Gasteiger partial charge in [0.25, 0.3) is 5.91 Å². The van der Waals surface area contributed by atoms with E-state index in [1.807, 2.05) is 45.0 Å². The number of benzene rings is 2. The van der Waals surface area contributed by atoms with Gasteiger partial charge < -0.3 is 19.5 Å². The maximum Gasteiger partial charge on any atom is 0.338 e. The summed E-state index contributed by atoms with van der Waals surface area (Å²) in [5, 5.41) is 7.16. The summed E-state index contributed by atoms with van der Waals surface area (Å²) in [5.41, 5.74) is 2.94. The van der Waals surface area contributed by atoms with Crippen molar-refractivity contribution in [3.63, 3.8) is 0 Å². The fraction of sp³-hybridized carbons (Fsp3) is 0.261. The zero-order chi connectivity index (χ0) is 22.4. The first kappa shape index (κ1) is 21.9. The highest BCUT2D eigenvalue weighted by Crippen LogP contribution is 2.28. The van der Waals surface area contributed by atoms with Crippen LogP contribution in [-0.4, -0.2) is 42.0 Å². The SMILES string of the molecule is CCOc1ccc(C(=O)OCC(=O)Nc2cc(C)nn2-c2ccc(C)cc2)cc1OC. The third kappa shape index (κ3) is 5.42. The summed E-state index contributed by atoms with van der Waals surface area (Å²) < 4.78 is 17.5. The van der Waals surface area contributed by atoms with E-state index in [4.69, 9.17) is 14.2 Å². The summed E-state index contributed by atoms with van der Waals surface area (Å²) in [7, 11) is 1.49. The first-order valence-electron chi connectivity index (χ1n) is 9.82. The molecule has 0 spiro atoms. The number of ether oxygens (including phenoxy) is 3. The molecular formula is C23H25N3O5. The summed E-state index contributed by atoms with van der Waals surface area (Å²) in [5.74, 6) is 0.321. The Kier molecular flexibility index (Phi) is 6.92. The van der Waals surface area contributed by atoms with E-state index in [0.717, 1.165) is 16.9 Å². The Balaban J connectivity index is 1.64. The highest BCUT2D eigenvalue weighted by molar-refractivity contribution is 5.95. The van der Waals surface area contributed by atoms with Crippen LogP contribution in [0.3, 0.4) is 0 Å². The lowest BCUT2D eigenvalue weighted by molar-refractivity contribution is -0.119. The van der Waals surface area contributed by atoms with E-state index < -0.39 is 18.5 Å². The maximum atomic E-state index is 12.4. The van der Waals surface area contributed by atoms with E-state index in [0.29, 0.717) is 23.9 Å². The van der Waals surface area contributed by atoms with Gasteiger partial charge in [-0.25, -0.2) is 9.48 Å². The topological polar surface area (TPSA) is 91.7 Å². The number of methoxy groups -OCH3 is 1. The van der Waals surface area contributed by atoms with Crippen LogP contribution >= 0.6 is 0 Å². The van der Waals surface area contributed by atoms with Crippen LogP contribution < -0.4 is 14.8 Å². The van der Waals surface area contributed by atoms with E-state index >= 15 is 0 Å². The van der Waals surface area contributed by atoms with Crippen molar-refractivity contribution >= 4 is 17.7 Å². The van der Waals surface area contributed by atoms with Crippen molar-refractivity contribution in [2.24, 2.45) is 0 Å². The van der Waals surface area contributed by atoms with Crippen molar-refractivity contribution in [3.8, 4) is 17.2 Å². The zero-order valence-electron chi connectivity index (χ0n) is 18.0. The van der Waals surface area contributed by atoms with Gasteiger partial charge in [0, 0.05) is 6.07 Å². The van der Waals surface area contributed by atoms with Crippen LogP contribution in [0.4, 0.5) is 5.82 Å². The second-order valence-electron chi connectivity index (χ2n) is 6.84. The molecule has 0 saturated heterocycles. The van der Waals surface area contributed by atoms with E-state index in [9.17, 15) is 9.59 Å². The second kappa shape index (κ2) is 9.80. The normalized spacial score (nSPS) is 10.5. The van der Waals surface area contributed by atoms with Crippen molar-refractivity contribution in [3.05, 3.63) is 65.4 Å². The minimum absolute atomic E-state index is 0.258. The molecule has 3 aromatic rings. The van der Waals surface area contributed by atoms with Crippen molar-refractivity contribution in [2.75, 3.05) is 25.6 Å². The fourth-order valence-electron chi connectivity index (χ4n) is 2.93. The number of carbonyl (C=O) groups is 2. The Labute approximate surface area is 180 Å². The molecule has 31 heavy (non-hydrogen) atoms. The molecule has 2 aromatic carbocycles. The minimum atomic E-state index is -0.639. The highest BCUT2D eigenvalue weighted by Gasteiger charge is 2.16. The van der Waals surface area contributed by atoms with Gasteiger partial charge in [0.2, 0.25) is 0 Å². The van der Waals surface area contributed by atoms with E-state index in [1.54, 1.807) is 22.9 Å². The fourth-order valence-corrected chi connectivity index (χ4v) is 2.93. The molecule has 1 heterocycles. The zero-order valence-corrected chi connectivity index (χ0v) is 18.0. The van der Waals surface area contributed by atoms with Gasteiger partial charge in [-0.2, -0.15) is 5.10 Å². The number of rotatable bonds is 8. The summed E-state index contributed by atoms with van der Waals surface area (Å²) >= 11 is 0. The van der Waals surface area contributed by atoms with Gasteiger partial charge in [0.15, 0.2) is 18.1 Å². The average molecular weight is 423 g/mol. The van der Waals surface area contributed by atoms with Crippen molar-refractivity contribution in [1.82, 2.24) is 9.78 Å². The summed E-state index contributed by atoms with van der Waals surface area (Å²) in [6, 6.07) is 14.2. The van der Waals surface area contributed by atoms with Crippen LogP contribution in [0.2, 0.25) is 0 Å². The number of amides is 1. The van der Waals surface area contributed by atoms with E-state index in [2.05, 4.69) is 10.4 Å². The number of anilines is 1. The predicted molar refractivity (Wildman–Crippen MR) is 116 cm³/mol. The molecule has 8 heteroatoms. The number of carbonyl (C=O) groups excluding carboxylic acids is 2. The van der Waals surface area contributed by atoms with Crippen molar-refractivity contribution < 1.29 is 23.8 Å². The monoisotopic (exact) mass is 423 g/mol. The molecule has 1 amide bonds. The highest BCUT2D eigenvalue weighted by atomic mass is 16.5. The third-order valence-electron chi connectivity index (χ3n) is 4.41. The van der Waals surface area contributed by atoms with Gasteiger partial charge in [-0.1, -0.05) is 17.7 Å². The average Bonchev–Trinajstić information content (AvgIpc) is 3.12. The van der Waals surface area contributed by atoms with Crippen LogP contribution in [0.15, 0.2) is 48.5 Å². The number of nitrogens with one attached hydrogen (secondary N) is 1. The van der Waals surface area contributed by atoms with Crippen LogP contribution in [0.1, 0.15) is 28.5 Å². The van der Waals surface area contributed by atoms with Gasteiger partial charge in [-0.3, -0.25) is 4.79 Å². The summed E-state index contributed by atoms with van der Waals surface area (Å²) in [4.78, 5) is 24.7. The van der Waals surface area contributed by atoms with Crippen LogP contribution in [0, 0.1) is 13.8 Å². The minimum Gasteiger partial charge on any atom is -0.493 e. The molecule has 0 saturated carbocycles. The molecule has 0 atom stereocenters. The Morgan fingerprint density at radius 3 is 2.45 bits per heavy atom. The van der Waals surface area contributed by atoms with Crippen LogP contribution in [0.5, 0.6) is 11.5 Å². The lowest BCUT2D eigenvalue weighted by Gasteiger charge is -2.11. The lowest BCUT2D eigenvalue weighted by atomic mass is 10.2. The molecule has 0 fully saturated rings. The molecular weight excluding hydrogens is 398 g/mol. The standard InChI is InChI=1S/C23H25N3O5/c1-5-30-19-11-8-17(13-20(19)29-4)23(28)31-14-22(27)24-21-12-16(3)25-26(21)18-9-6-15(2)7-10-18/h6-13H,5,14H2,1-4H3,(H,24,27). The quantitative estimate of drug-likeness (QED) is 0.556. The Morgan fingerprint density at radius 1 is 1.03 bits per heavy atom. The number of esters is 1. The smallest absolute Gasteiger partial charge is 0.338 e. The second-order valence-corrected chi connectivity index (χ2v) is 6.84. The molecule has 1 aromatic heterocycles. The van der Waals surface area contributed by atoms with Gasteiger partial charge in [0.1, 0.15) is 5.82 Å². The largest absolute Gasteiger partial charge is 0.493 e. The summed E-state index contributed by atoms with van der Waals surface area (Å²) in [6.45, 7) is 5.72. The molecule has 162 valence electrons. The Morgan fingerprint density at radius 2 is 1.77 bits per heavy atom. The number of aromatic nitrogens is 2. The summed E-state index contributed by atoms with van der Waals surface area (Å²) in [6.07, 6.45) is 0. The molecule has 0 unspecified atom stereocenters. The molecule has 8 nitrogen and oxygen atoms in total. The van der Waals surface area contributed by atoms with Crippen LogP contribution in [-0.2, 0) is 9.53 Å². The Bertz CT molecular complexity index is 1070. The van der Waals surface area contributed by atoms with E-state index in [1.165, 1.54) is 13.2 Å². The van der Waals surface area contributed by atoms with Crippen molar-refractivity contribution in [1.29, 1.82) is 0 Å². The van der Waals surface area contributed by atoms with Gasteiger partial charge in [-0.05, 0) is 51.1 Å². The maximum absolute atomic E-state index is 12.4.